The Labute approximate surface area is 395 Å². The third kappa shape index (κ3) is 11.4. The minimum Gasteiger partial charge on any atom is -0.483 e. The fourth-order valence-electron chi connectivity index (χ4n) is 8.27. The number of hydrogen-bond donors (Lipinski definition) is 4. The average molecular weight is 970 g/mol. The van der Waals surface area contributed by atoms with Crippen molar-refractivity contribution in [1.82, 2.24) is 34.0 Å². The second-order valence-electron chi connectivity index (χ2n) is 16.4. The third-order valence-electron chi connectivity index (χ3n) is 12.2. The smallest absolute Gasteiger partial charge is 0.301 e. The molecule has 0 saturated carbocycles. The molecule has 1 unspecified atom stereocenters. The fourth-order valence-corrected chi connectivity index (χ4v) is 9.22. The predicted molar refractivity (Wildman–Crippen MR) is 249 cm³/mol. The Morgan fingerprint density at radius 3 is 2.38 bits per heavy atom. The van der Waals surface area contributed by atoms with Gasteiger partial charge in [0.05, 0.1) is 35.0 Å². The number of piperazine rings is 1. The summed E-state index contributed by atoms with van der Waals surface area (Å²) in [7, 11) is -2.69. The first-order chi connectivity index (χ1) is 33.1. The van der Waals surface area contributed by atoms with Crippen LogP contribution in [0.2, 0.25) is 0 Å². The molecule has 3 amide bonds. The van der Waals surface area contributed by atoms with Gasteiger partial charge in [0.2, 0.25) is 17.7 Å². The zero-order valence-electron chi connectivity index (χ0n) is 37.6. The molecule has 2 aromatic heterocycles. The number of piperidine rings is 2. The van der Waals surface area contributed by atoms with Gasteiger partial charge in [0.25, 0.3) is 12.0 Å². The average Bonchev–Trinajstić information content (AvgIpc) is 3.34. The lowest BCUT2D eigenvalue weighted by atomic mass is 9.89. The molecule has 23 heteroatoms. The van der Waals surface area contributed by atoms with Crippen molar-refractivity contribution in [3.8, 4) is 23.3 Å². The lowest BCUT2D eigenvalue weighted by Crippen LogP contribution is -2.52. The molecule has 5 aromatic rings. The lowest BCUT2D eigenvalue weighted by Gasteiger charge is -2.37. The van der Waals surface area contributed by atoms with E-state index in [9.17, 15) is 32.9 Å². The van der Waals surface area contributed by atoms with Crippen LogP contribution in [-0.2, 0) is 29.4 Å². The summed E-state index contributed by atoms with van der Waals surface area (Å²) in [4.78, 5) is 74.1. The number of carbonyl (C=O) groups is 4. The number of fused-ring (bicyclic) bond motifs is 1. The van der Waals surface area contributed by atoms with Gasteiger partial charge in [-0.3, -0.25) is 43.5 Å². The molecule has 0 bridgehead atoms. The first-order valence-corrected chi connectivity index (χ1v) is 23.4. The van der Waals surface area contributed by atoms with Crippen LogP contribution in [0.1, 0.15) is 49.7 Å². The van der Waals surface area contributed by atoms with Crippen LogP contribution in [-0.4, -0.2) is 132 Å². The Hall–Kier alpha value is -7.55. The topological polar surface area (TPSA) is 252 Å². The standard InChI is InChI=1S/C45H47F2N11O7S.CH2O2/c1-3-54(2)66(63,64)53-38-10-8-35(46)43(34(38)24-48)65-31-6-9-37-33(23-31)45(62)58(27-50-37)30-5-12-40(49-25-30)56-18-20-57(21-19-56)42(60)26-55-16-14-28(15-17-55)32-7-4-29(22-36(32)47)51-39-11-13-41(59)52-44(39)61;2-1-3/h4-10,12,22-23,25,27-28,39,51,53H,3,11,13-21,26H2,1-2H3,(H,52,59,61);1H,(H,2,3). The van der Waals surface area contributed by atoms with Crippen LogP contribution in [0, 0.1) is 23.0 Å². The van der Waals surface area contributed by atoms with Gasteiger partial charge in [-0.2, -0.15) is 18.0 Å². The summed E-state index contributed by atoms with van der Waals surface area (Å²) >= 11 is 0. The molecular formula is C46H49F2N11O9S. The fraction of sp³-hybridized carbons (Fsp3) is 0.348. The summed E-state index contributed by atoms with van der Waals surface area (Å²) in [5.41, 5.74) is 0.809. The molecule has 0 aliphatic carbocycles. The van der Waals surface area contributed by atoms with Crippen LogP contribution in [0.4, 0.5) is 26.0 Å². The molecular weight excluding hydrogens is 921 g/mol. The maximum absolute atomic E-state index is 15.2. The summed E-state index contributed by atoms with van der Waals surface area (Å²) in [5, 5.41) is 22.2. The van der Waals surface area contributed by atoms with Gasteiger partial charge in [0.15, 0.2) is 11.6 Å². The summed E-state index contributed by atoms with van der Waals surface area (Å²) in [6, 6.07) is 16.0. The van der Waals surface area contributed by atoms with Crippen molar-refractivity contribution in [2.24, 2.45) is 0 Å². The van der Waals surface area contributed by atoms with Crippen molar-refractivity contribution in [3.05, 3.63) is 106 Å². The highest BCUT2D eigenvalue weighted by atomic mass is 32.2. The van der Waals surface area contributed by atoms with Crippen molar-refractivity contribution in [2.75, 3.05) is 74.3 Å². The number of nitriles is 1. The highest BCUT2D eigenvalue weighted by molar-refractivity contribution is 7.90. The van der Waals surface area contributed by atoms with Gasteiger partial charge in [0, 0.05) is 51.9 Å². The minimum absolute atomic E-state index is 0.00147. The van der Waals surface area contributed by atoms with E-state index in [1.807, 2.05) is 11.0 Å². The van der Waals surface area contributed by atoms with Gasteiger partial charge in [0.1, 0.15) is 41.4 Å². The summed E-state index contributed by atoms with van der Waals surface area (Å²) in [6.45, 7) is 5.19. The van der Waals surface area contributed by atoms with Gasteiger partial charge in [-0.25, -0.2) is 18.7 Å². The number of benzene rings is 3. The molecule has 0 radical (unpaired) electrons. The molecule has 20 nitrogen and oxygen atoms in total. The normalized spacial score (nSPS) is 16.8. The maximum Gasteiger partial charge on any atom is 0.301 e. The van der Waals surface area contributed by atoms with E-state index in [0.29, 0.717) is 86.8 Å². The van der Waals surface area contributed by atoms with Gasteiger partial charge >= 0.3 is 10.2 Å². The number of aromatic nitrogens is 3. The van der Waals surface area contributed by atoms with Crippen molar-refractivity contribution in [2.45, 2.75) is 44.6 Å². The number of halogens is 2. The third-order valence-corrected chi connectivity index (χ3v) is 13.8. The highest BCUT2D eigenvalue weighted by Crippen LogP contribution is 2.35. The molecule has 3 saturated heterocycles. The number of rotatable bonds is 13. The molecule has 3 aromatic carbocycles. The van der Waals surface area contributed by atoms with Crippen LogP contribution < -0.4 is 30.6 Å². The van der Waals surface area contributed by atoms with E-state index < -0.39 is 39.3 Å². The number of amides is 3. The number of anilines is 3. The largest absolute Gasteiger partial charge is 0.483 e. The Balaban J connectivity index is 0.00000228. The first-order valence-electron chi connectivity index (χ1n) is 22.0. The van der Waals surface area contributed by atoms with Crippen LogP contribution in [0.25, 0.3) is 16.6 Å². The second kappa shape index (κ2) is 21.6. The van der Waals surface area contributed by atoms with Crippen LogP contribution in [0.15, 0.2) is 78.0 Å². The molecule has 362 valence electrons. The molecule has 0 spiro atoms. The van der Waals surface area contributed by atoms with Crippen LogP contribution in [0.3, 0.4) is 0 Å². The van der Waals surface area contributed by atoms with E-state index in [4.69, 9.17) is 14.6 Å². The highest BCUT2D eigenvalue weighted by Gasteiger charge is 2.30. The van der Waals surface area contributed by atoms with Gasteiger partial charge < -0.3 is 25.0 Å². The number of hydrogen-bond acceptors (Lipinski definition) is 14. The van der Waals surface area contributed by atoms with E-state index in [-0.39, 0.29) is 71.9 Å². The number of nitrogens with zero attached hydrogens (tertiary/aromatic N) is 8. The lowest BCUT2D eigenvalue weighted by molar-refractivity contribution is -0.134. The van der Waals surface area contributed by atoms with Crippen LogP contribution in [0.5, 0.6) is 11.5 Å². The Bertz CT molecular complexity index is 2960. The molecule has 3 fully saturated rings. The minimum atomic E-state index is -4.04. The SMILES string of the molecule is CCN(C)S(=O)(=O)Nc1ccc(F)c(Oc2ccc3ncn(-c4ccc(N5CCN(C(=O)CN6CCC(c7ccc(NC8CCC(=O)NC8=O)cc7F)CC6)CC5)nc4)c(=O)c3c2)c1C#N.O=CO. The second-order valence-corrected chi connectivity index (χ2v) is 18.2. The number of ether oxygens (including phenoxy) is 1. The monoisotopic (exact) mass is 969 g/mol. The molecule has 8 rings (SSSR count). The first kappa shape index (κ1) is 49.4. The van der Waals surface area contributed by atoms with Gasteiger partial charge in [-0.15, -0.1) is 0 Å². The zero-order valence-corrected chi connectivity index (χ0v) is 38.4. The Morgan fingerprint density at radius 2 is 1.72 bits per heavy atom. The van der Waals surface area contributed by atoms with Crippen molar-refractivity contribution in [3.63, 3.8) is 0 Å². The summed E-state index contributed by atoms with van der Waals surface area (Å²) in [6.07, 6.45) is 4.88. The Kier molecular flexibility index (Phi) is 15.5. The number of likely N-dealkylation sites (tertiary alicyclic amines) is 1. The van der Waals surface area contributed by atoms with E-state index in [1.165, 1.54) is 42.2 Å². The molecule has 1 atom stereocenters. The van der Waals surface area contributed by atoms with E-state index in [0.717, 1.165) is 16.4 Å². The van der Waals surface area contributed by atoms with Gasteiger partial charge in [-0.1, -0.05) is 13.0 Å². The van der Waals surface area contributed by atoms with Crippen molar-refractivity contribution < 1.29 is 46.2 Å². The number of nitrogens with one attached hydrogen (secondary N) is 3. The number of carbonyl (C=O) groups excluding carboxylic acids is 3. The molecule has 3 aliphatic rings. The van der Waals surface area contributed by atoms with E-state index >= 15 is 8.78 Å². The zero-order chi connectivity index (χ0) is 49.4. The number of carboxylic acid groups (broad SMARTS) is 1. The molecule has 4 N–H and O–H groups in total. The number of imide groups is 1. The number of pyridine rings is 1. The maximum atomic E-state index is 15.2. The van der Waals surface area contributed by atoms with Gasteiger partial charge in [-0.05, 0) is 98.4 Å². The summed E-state index contributed by atoms with van der Waals surface area (Å²) < 4.78 is 66.0. The van der Waals surface area contributed by atoms with Crippen LogP contribution >= 0.6 is 0 Å². The summed E-state index contributed by atoms with van der Waals surface area (Å²) in [5.74, 6) is -1.82. The van der Waals surface area contributed by atoms with Crippen molar-refractivity contribution in [1.29, 1.82) is 5.26 Å². The quantitative estimate of drug-likeness (QED) is 0.0968. The molecule has 69 heavy (non-hydrogen) atoms. The van der Waals surface area contributed by atoms with E-state index in [1.54, 1.807) is 37.4 Å². The predicted octanol–water partition coefficient (Wildman–Crippen LogP) is 3.78. The van der Waals surface area contributed by atoms with E-state index in [2.05, 4.69) is 35.1 Å². The molecule has 3 aliphatic heterocycles. The molecule has 5 heterocycles. The van der Waals surface area contributed by atoms with Crippen molar-refractivity contribution >= 4 is 62.5 Å². The Morgan fingerprint density at radius 1 is 0.986 bits per heavy atom.